The third-order valence-electron chi connectivity index (χ3n) is 2.80. The molecular weight excluding hydrogens is 266 g/mol. The molecule has 1 aromatic heterocycles. The second-order valence-electron chi connectivity index (χ2n) is 4.28. The van der Waals surface area contributed by atoms with Crippen molar-refractivity contribution in [2.45, 2.75) is 19.9 Å². The molecule has 0 aromatic carbocycles. The molecule has 0 aliphatic rings. The zero-order valence-corrected chi connectivity index (χ0v) is 12.5. The number of hydrogen-bond donors (Lipinski definition) is 1. The highest BCUT2D eigenvalue weighted by Gasteiger charge is 2.21. The van der Waals surface area contributed by atoms with Gasteiger partial charge in [0.1, 0.15) is 11.5 Å². The Morgan fingerprint density at radius 2 is 2.26 bits per heavy atom. The summed E-state index contributed by atoms with van der Waals surface area (Å²) in [5.41, 5.74) is 0.255. The second kappa shape index (κ2) is 7.31. The number of nitrogens with zero attached hydrogens (tertiary/aromatic N) is 2. The van der Waals surface area contributed by atoms with E-state index in [4.69, 9.17) is 16.3 Å². The van der Waals surface area contributed by atoms with Crippen molar-refractivity contribution in [3.8, 4) is 0 Å². The van der Waals surface area contributed by atoms with Crippen molar-refractivity contribution in [1.29, 1.82) is 0 Å². The topological polar surface area (TPSA) is 54.5 Å². The monoisotopic (exact) mass is 285 g/mol. The van der Waals surface area contributed by atoms with E-state index < -0.39 is 0 Å². The molecule has 0 aliphatic heterocycles. The molecule has 0 saturated carbocycles. The largest absolute Gasteiger partial charge is 0.383 e. The van der Waals surface area contributed by atoms with Crippen molar-refractivity contribution >= 4 is 23.3 Å². The molecule has 0 bridgehead atoms. The first kappa shape index (κ1) is 15.7. The van der Waals surface area contributed by atoms with Crippen LogP contribution in [0.25, 0.3) is 0 Å². The maximum absolute atomic E-state index is 12.3. The number of carbonyl (C=O) groups is 1. The first-order valence-corrected chi connectivity index (χ1v) is 6.55. The SMILES string of the molecule is CCNc1ccc(Cl)c(C(=O)N(C)C(C)COC)n1. The Hall–Kier alpha value is -1.33. The molecule has 106 valence electrons. The fraction of sp³-hybridized carbons (Fsp3) is 0.538. The zero-order chi connectivity index (χ0) is 14.4. The van der Waals surface area contributed by atoms with Crippen LogP contribution in [0, 0.1) is 0 Å². The summed E-state index contributed by atoms with van der Waals surface area (Å²) >= 11 is 6.05. The quantitative estimate of drug-likeness (QED) is 0.871. The highest BCUT2D eigenvalue weighted by atomic mass is 35.5. The van der Waals surface area contributed by atoms with Gasteiger partial charge < -0.3 is 15.0 Å². The second-order valence-corrected chi connectivity index (χ2v) is 4.68. The van der Waals surface area contributed by atoms with Crippen molar-refractivity contribution in [1.82, 2.24) is 9.88 Å². The van der Waals surface area contributed by atoms with Gasteiger partial charge in [-0.1, -0.05) is 11.6 Å². The van der Waals surface area contributed by atoms with Gasteiger partial charge >= 0.3 is 0 Å². The molecule has 1 atom stereocenters. The van der Waals surface area contributed by atoms with E-state index in [-0.39, 0.29) is 17.6 Å². The van der Waals surface area contributed by atoms with Crippen LogP contribution in [-0.2, 0) is 4.74 Å². The Morgan fingerprint density at radius 3 is 2.84 bits per heavy atom. The molecule has 0 spiro atoms. The summed E-state index contributed by atoms with van der Waals surface area (Å²) in [6, 6.07) is 3.38. The lowest BCUT2D eigenvalue weighted by Crippen LogP contribution is -2.38. The lowest BCUT2D eigenvalue weighted by molar-refractivity contribution is 0.0628. The average molecular weight is 286 g/mol. The number of likely N-dealkylation sites (N-methyl/N-ethyl adjacent to an activating group) is 1. The van der Waals surface area contributed by atoms with Crippen LogP contribution in [0.2, 0.25) is 5.02 Å². The fourth-order valence-electron chi connectivity index (χ4n) is 1.59. The standard InChI is InChI=1S/C13H20ClN3O2/c1-5-15-11-7-6-10(14)12(16-11)13(18)17(3)9(2)8-19-4/h6-7,9H,5,8H2,1-4H3,(H,15,16). The van der Waals surface area contributed by atoms with Crippen LogP contribution in [0.15, 0.2) is 12.1 Å². The van der Waals surface area contributed by atoms with E-state index in [2.05, 4.69) is 10.3 Å². The van der Waals surface area contributed by atoms with Crippen LogP contribution in [0.3, 0.4) is 0 Å². The molecule has 0 aliphatic carbocycles. The normalized spacial score (nSPS) is 12.1. The van der Waals surface area contributed by atoms with E-state index in [9.17, 15) is 4.79 Å². The number of halogens is 1. The number of anilines is 1. The summed E-state index contributed by atoms with van der Waals surface area (Å²) < 4.78 is 5.04. The van der Waals surface area contributed by atoms with Gasteiger partial charge in [-0.15, -0.1) is 0 Å². The summed E-state index contributed by atoms with van der Waals surface area (Å²) in [6.45, 7) is 5.07. The van der Waals surface area contributed by atoms with Crippen molar-refractivity contribution in [3.05, 3.63) is 22.8 Å². The number of aromatic nitrogens is 1. The van der Waals surface area contributed by atoms with Crippen molar-refractivity contribution in [2.75, 3.05) is 32.6 Å². The van der Waals surface area contributed by atoms with Gasteiger partial charge in [-0.25, -0.2) is 4.98 Å². The minimum atomic E-state index is -0.214. The van der Waals surface area contributed by atoms with E-state index in [0.29, 0.717) is 17.4 Å². The minimum Gasteiger partial charge on any atom is -0.383 e. The zero-order valence-electron chi connectivity index (χ0n) is 11.7. The molecule has 1 heterocycles. The Balaban J connectivity index is 2.94. The molecular formula is C13H20ClN3O2. The lowest BCUT2D eigenvalue weighted by atomic mass is 10.2. The van der Waals surface area contributed by atoms with Crippen LogP contribution >= 0.6 is 11.6 Å². The minimum absolute atomic E-state index is 0.0434. The molecule has 0 radical (unpaired) electrons. The van der Waals surface area contributed by atoms with Crippen molar-refractivity contribution in [2.24, 2.45) is 0 Å². The number of ether oxygens (including phenoxy) is 1. The van der Waals surface area contributed by atoms with Crippen LogP contribution in [0.1, 0.15) is 24.3 Å². The Kier molecular flexibility index (Phi) is 6.05. The van der Waals surface area contributed by atoms with E-state index in [1.807, 2.05) is 13.8 Å². The molecule has 0 fully saturated rings. The average Bonchev–Trinajstić information content (AvgIpc) is 2.40. The predicted molar refractivity (Wildman–Crippen MR) is 76.8 cm³/mol. The number of hydrogen-bond acceptors (Lipinski definition) is 4. The number of pyridine rings is 1. The van der Waals surface area contributed by atoms with Crippen molar-refractivity contribution < 1.29 is 9.53 Å². The van der Waals surface area contributed by atoms with E-state index in [1.165, 1.54) is 0 Å². The van der Waals surface area contributed by atoms with Gasteiger partial charge in [0.05, 0.1) is 17.7 Å². The van der Waals surface area contributed by atoms with E-state index in [0.717, 1.165) is 6.54 Å². The lowest BCUT2D eigenvalue weighted by Gasteiger charge is -2.24. The maximum Gasteiger partial charge on any atom is 0.274 e. The molecule has 19 heavy (non-hydrogen) atoms. The number of nitrogens with one attached hydrogen (secondary N) is 1. The number of rotatable bonds is 6. The molecule has 1 aromatic rings. The van der Waals surface area contributed by atoms with Crippen LogP contribution in [0.4, 0.5) is 5.82 Å². The maximum atomic E-state index is 12.3. The van der Waals surface area contributed by atoms with Gasteiger partial charge in [-0.3, -0.25) is 4.79 Å². The fourth-order valence-corrected chi connectivity index (χ4v) is 1.78. The number of methoxy groups -OCH3 is 1. The Morgan fingerprint density at radius 1 is 1.58 bits per heavy atom. The Labute approximate surface area is 118 Å². The first-order chi connectivity index (χ1) is 9.01. The molecule has 1 rings (SSSR count). The third-order valence-corrected chi connectivity index (χ3v) is 3.10. The first-order valence-electron chi connectivity index (χ1n) is 6.17. The number of amides is 1. The summed E-state index contributed by atoms with van der Waals surface area (Å²) in [4.78, 5) is 18.2. The van der Waals surface area contributed by atoms with Crippen LogP contribution in [-0.4, -0.2) is 49.1 Å². The van der Waals surface area contributed by atoms with Gasteiger partial charge in [-0.05, 0) is 26.0 Å². The molecule has 5 nitrogen and oxygen atoms in total. The highest BCUT2D eigenvalue weighted by Crippen LogP contribution is 2.19. The molecule has 0 saturated heterocycles. The van der Waals surface area contributed by atoms with Crippen LogP contribution < -0.4 is 5.32 Å². The molecule has 1 amide bonds. The van der Waals surface area contributed by atoms with E-state index in [1.54, 1.807) is 31.2 Å². The molecule has 6 heteroatoms. The predicted octanol–water partition coefficient (Wildman–Crippen LogP) is 2.27. The summed E-state index contributed by atoms with van der Waals surface area (Å²) in [7, 11) is 3.32. The van der Waals surface area contributed by atoms with Crippen LogP contribution in [0.5, 0.6) is 0 Å². The summed E-state index contributed by atoms with van der Waals surface area (Å²) in [6.07, 6.45) is 0. The summed E-state index contributed by atoms with van der Waals surface area (Å²) in [5.74, 6) is 0.428. The molecule has 1 N–H and O–H groups in total. The van der Waals surface area contributed by atoms with E-state index >= 15 is 0 Å². The van der Waals surface area contributed by atoms with Gasteiger partial charge in [0, 0.05) is 20.7 Å². The highest BCUT2D eigenvalue weighted by molar-refractivity contribution is 6.33. The van der Waals surface area contributed by atoms with Gasteiger partial charge in [0.25, 0.3) is 5.91 Å². The van der Waals surface area contributed by atoms with Gasteiger partial charge in [0.2, 0.25) is 0 Å². The van der Waals surface area contributed by atoms with Crippen molar-refractivity contribution in [3.63, 3.8) is 0 Å². The smallest absolute Gasteiger partial charge is 0.274 e. The molecule has 1 unspecified atom stereocenters. The number of carbonyl (C=O) groups excluding carboxylic acids is 1. The van der Waals surface area contributed by atoms with Gasteiger partial charge in [0.15, 0.2) is 0 Å². The third kappa shape index (κ3) is 4.08. The summed E-state index contributed by atoms with van der Waals surface area (Å²) in [5, 5.41) is 3.41. The van der Waals surface area contributed by atoms with Gasteiger partial charge in [-0.2, -0.15) is 0 Å². The Bertz CT molecular complexity index is 440.